The van der Waals surface area contributed by atoms with Crippen molar-refractivity contribution in [3.63, 3.8) is 0 Å². The minimum absolute atomic E-state index is 0.159. The topological polar surface area (TPSA) is 110 Å². The maximum Gasteiger partial charge on any atom is 0.329 e. The number of thioether (sulfide) groups is 1. The van der Waals surface area contributed by atoms with Crippen LogP contribution >= 0.6 is 11.8 Å². The van der Waals surface area contributed by atoms with Gasteiger partial charge in [0.25, 0.3) is 5.56 Å². The summed E-state index contributed by atoms with van der Waals surface area (Å²) in [5.41, 5.74) is -0.504. The second kappa shape index (κ2) is 5.76. The van der Waals surface area contributed by atoms with Crippen LogP contribution in [0.4, 0.5) is 0 Å². The molecule has 2 aromatic rings. The number of carbonyl (C=O) groups is 1. The number of aliphatic carboxylic acids is 1. The summed E-state index contributed by atoms with van der Waals surface area (Å²) in [4.78, 5) is 40.9. The van der Waals surface area contributed by atoms with Gasteiger partial charge in [0.1, 0.15) is 0 Å². The fourth-order valence-corrected chi connectivity index (χ4v) is 2.71. The molecule has 0 spiro atoms. The van der Waals surface area contributed by atoms with Crippen LogP contribution in [0, 0.1) is 5.92 Å². The van der Waals surface area contributed by atoms with Gasteiger partial charge in [0, 0.05) is 13.6 Å². The predicted molar refractivity (Wildman–Crippen MR) is 78.8 cm³/mol. The Hall–Kier alpha value is -2.03. The molecule has 0 saturated carbocycles. The van der Waals surface area contributed by atoms with Crippen molar-refractivity contribution < 1.29 is 9.90 Å². The van der Waals surface area contributed by atoms with Gasteiger partial charge in [-0.2, -0.15) is 0 Å². The molecule has 0 aromatic carbocycles. The average molecular weight is 312 g/mol. The Kier molecular flexibility index (Phi) is 4.21. The van der Waals surface area contributed by atoms with E-state index in [9.17, 15) is 14.4 Å². The zero-order valence-electron chi connectivity index (χ0n) is 11.9. The second-order valence-corrected chi connectivity index (χ2v) is 6.01. The molecule has 114 valence electrons. The number of hydrogen-bond acceptors (Lipinski definition) is 5. The van der Waals surface area contributed by atoms with Crippen LogP contribution in [0.2, 0.25) is 0 Å². The number of hydrogen-bond donors (Lipinski definition) is 2. The van der Waals surface area contributed by atoms with Crippen LogP contribution < -0.4 is 11.2 Å². The van der Waals surface area contributed by atoms with Gasteiger partial charge in [0.15, 0.2) is 16.3 Å². The van der Waals surface area contributed by atoms with E-state index in [4.69, 9.17) is 5.11 Å². The molecule has 0 bridgehead atoms. The number of imidazole rings is 1. The SMILES string of the molecule is CC(C)Cn1c(SCC(=O)O)nc2c1c(=O)[nH]c(=O)n2C. The average Bonchev–Trinajstić information content (AvgIpc) is 2.72. The Bertz CT molecular complexity index is 802. The third kappa shape index (κ3) is 3.02. The number of nitrogens with one attached hydrogen (secondary N) is 1. The number of aromatic nitrogens is 4. The molecule has 0 amide bonds. The maximum absolute atomic E-state index is 12.1. The van der Waals surface area contributed by atoms with E-state index in [2.05, 4.69) is 9.97 Å². The Labute approximate surface area is 123 Å². The van der Waals surface area contributed by atoms with Gasteiger partial charge < -0.3 is 9.67 Å². The van der Waals surface area contributed by atoms with Gasteiger partial charge in [-0.25, -0.2) is 9.78 Å². The van der Waals surface area contributed by atoms with Crippen molar-refractivity contribution in [2.75, 3.05) is 5.75 Å². The van der Waals surface area contributed by atoms with E-state index in [-0.39, 0.29) is 17.3 Å². The van der Waals surface area contributed by atoms with Crippen LogP contribution in [0.25, 0.3) is 11.2 Å². The summed E-state index contributed by atoms with van der Waals surface area (Å²) in [6.07, 6.45) is 0. The van der Waals surface area contributed by atoms with Crippen molar-refractivity contribution in [3.8, 4) is 0 Å². The summed E-state index contributed by atoms with van der Waals surface area (Å²) in [7, 11) is 1.51. The molecular weight excluding hydrogens is 296 g/mol. The van der Waals surface area contributed by atoms with E-state index in [1.807, 2.05) is 13.8 Å². The van der Waals surface area contributed by atoms with Crippen molar-refractivity contribution in [1.29, 1.82) is 0 Å². The summed E-state index contributed by atoms with van der Waals surface area (Å²) in [6, 6.07) is 0. The maximum atomic E-state index is 12.1. The molecule has 0 aliphatic rings. The quantitative estimate of drug-likeness (QED) is 0.766. The summed E-state index contributed by atoms with van der Waals surface area (Å²) in [5.74, 6) is -0.887. The van der Waals surface area contributed by atoms with E-state index < -0.39 is 17.2 Å². The standard InChI is InChI=1S/C12H16N4O4S/c1-6(2)4-16-8-9(13-12(16)21-5-7(17)18)15(3)11(20)14-10(8)19/h6H,4-5H2,1-3H3,(H,17,18)(H,14,19,20). The van der Waals surface area contributed by atoms with Crippen LogP contribution in [0.5, 0.6) is 0 Å². The minimum Gasteiger partial charge on any atom is -0.481 e. The molecule has 2 N–H and O–H groups in total. The predicted octanol–water partition coefficient (Wildman–Crippen LogP) is 0.256. The van der Waals surface area contributed by atoms with Crippen molar-refractivity contribution in [1.82, 2.24) is 19.1 Å². The second-order valence-electron chi connectivity index (χ2n) is 5.07. The first-order chi connectivity index (χ1) is 9.81. The van der Waals surface area contributed by atoms with Crippen LogP contribution in [-0.2, 0) is 18.4 Å². The molecule has 0 radical (unpaired) electrons. The Balaban J connectivity index is 2.69. The lowest BCUT2D eigenvalue weighted by molar-refractivity contribution is -0.133. The summed E-state index contributed by atoms with van der Waals surface area (Å²) in [5, 5.41) is 9.22. The Morgan fingerprint density at radius 2 is 2.10 bits per heavy atom. The largest absolute Gasteiger partial charge is 0.481 e. The molecule has 0 atom stereocenters. The molecule has 0 saturated heterocycles. The van der Waals surface area contributed by atoms with E-state index >= 15 is 0 Å². The zero-order valence-corrected chi connectivity index (χ0v) is 12.7. The van der Waals surface area contributed by atoms with Gasteiger partial charge in [0.05, 0.1) is 5.75 Å². The first kappa shape index (κ1) is 15.4. The number of fused-ring (bicyclic) bond motifs is 1. The molecule has 0 unspecified atom stereocenters. The summed E-state index contributed by atoms with van der Waals surface area (Å²) < 4.78 is 2.92. The number of rotatable bonds is 5. The number of nitrogens with zero attached hydrogens (tertiary/aromatic N) is 3. The van der Waals surface area contributed by atoms with E-state index in [1.165, 1.54) is 11.6 Å². The Morgan fingerprint density at radius 1 is 1.43 bits per heavy atom. The molecule has 2 heterocycles. The highest BCUT2D eigenvalue weighted by molar-refractivity contribution is 7.99. The molecular formula is C12H16N4O4S. The molecule has 8 nitrogen and oxygen atoms in total. The molecule has 2 aromatic heterocycles. The lowest BCUT2D eigenvalue weighted by Crippen LogP contribution is -2.29. The first-order valence-corrected chi connectivity index (χ1v) is 7.34. The minimum atomic E-state index is -0.967. The van der Waals surface area contributed by atoms with Gasteiger partial charge in [-0.15, -0.1) is 0 Å². The van der Waals surface area contributed by atoms with E-state index in [0.717, 1.165) is 11.8 Å². The van der Waals surface area contributed by atoms with Crippen molar-refractivity contribution in [2.45, 2.75) is 25.5 Å². The summed E-state index contributed by atoms with van der Waals surface area (Å²) in [6.45, 7) is 4.47. The van der Waals surface area contributed by atoms with Crippen molar-refractivity contribution >= 4 is 28.9 Å². The van der Waals surface area contributed by atoms with Gasteiger partial charge in [-0.1, -0.05) is 25.6 Å². The van der Waals surface area contributed by atoms with E-state index in [0.29, 0.717) is 17.2 Å². The Morgan fingerprint density at radius 3 is 2.67 bits per heavy atom. The molecule has 0 aliphatic heterocycles. The van der Waals surface area contributed by atoms with Crippen molar-refractivity contribution in [3.05, 3.63) is 20.8 Å². The van der Waals surface area contributed by atoms with Crippen LogP contribution in [0.1, 0.15) is 13.8 Å². The third-order valence-electron chi connectivity index (χ3n) is 2.84. The normalized spacial score (nSPS) is 11.4. The molecule has 9 heteroatoms. The fraction of sp³-hybridized carbons (Fsp3) is 0.500. The first-order valence-electron chi connectivity index (χ1n) is 6.35. The van der Waals surface area contributed by atoms with Crippen LogP contribution in [0.15, 0.2) is 14.7 Å². The molecule has 0 aliphatic carbocycles. The summed E-state index contributed by atoms with van der Waals surface area (Å²) >= 11 is 1.03. The number of aryl methyl sites for hydroxylation is 1. The third-order valence-corrected chi connectivity index (χ3v) is 3.81. The smallest absolute Gasteiger partial charge is 0.329 e. The molecule has 2 rings (SSSR count). The lowest BCUT2D eigenvalue weighted by atomic mass is 10.2. The van der Waals surface area contributed by atoms with Gasteiger partial charge in [-0.3, -0.25) is 19.1 Å². The highest BCUT2D eigenvalue weighted by Gasteiger charge is 2.18. The monoisotopic (exact) mass is 312 g/mol. The van der Waals surface area contributed by atoms with E-state index in [1.54, 1.807) is 4.57 Å². The fourth-order valence-electron chi connectivity index (χ4n) is 1.99. The van der Waals surface area contributed by atoms with Gasteiger partial charge >= 0.3 is 11.7 Å². The van der Waals surface area contributed by atoms with Crippen LogP contribution in [0.3, 0.4) is 0 Å². The number of carboxylic acid groups (broad SMARTS) is 1. The zero-order chi connectivity index (χ0) is 15.7. The number of carboxylic acids is 1. The number of aromatic amines is 1. The number of H-pyrrole nitrogens is 1. The van der Waals surface area contributed by atoms with Crippen LogP contribution in [-0.4, -0.2) is 35.9 Å². The lowest BCUT2D eigenvalue weighted by Gasteiger charge is -2.10. The van der Waals surface area contributed by atoms with Crippen molar-refractivity contribution in [2.24, 2.45) is 13.0 Å². The highest BCUT2D eigenvalue weighted by Crippen LogP contribution is 2.22. The van der Waals surface area contributed by atoms with Gasteiger partial charge in [-0.05, 0) is 5.92 Å². The van der Waals surface area contributed by atoms with Gasteiger partial charge in [0.2, 0.25) is 0 Å². The molecule has 0 fully saturated rings. The molecule has 21 heavy (non-hydrogen) atoms. The highest BCUT2D eigenvalue weighted by atomic mass is 32.2.